The Bertz CT molecular complexity index is 1600. The van der Waals surface area contributed by atoms with E-state index in [9.17, 15) is 40.6 Å². The van der Waals surface area contributed by atoms with Crippen LogP contribution in [0.25, 0.3) is 22.2 Å². The molecule has 0 radical (unpaired) electrons. The summed E-state index contributed by atoms with van der Waals surface area (Å²) >= 11 is 0. The van der Waals surface area contributed by atoms with Crippen molar-refractivity contribution >= 4 is 34.3 Å². The largest absolute Gasteiger partial charge is 0.481 e. The highest BCUT2D eigenvalue weighted by molar-refractivity contribution is 5.97. The lowest BCUT2D eigenvalue weighted by atomic mass is 9.96. The van der Waals surface area contributed by atoms with Gasteiger partial charge in [-0.3, -0.25) is 4.79 Å². The van der Waals surface area contributed by atoms with Crippen LogP contribution in [0.5, 0.6) is 5.88 Å². The molecule has 0 bridgehead atoms. The van der Waals surface area contributed by atoms with Crippen molar-refractivity contribution in [3.8, 4) is 17.1 Å². The smallest absolute Gasteiger partial charge is 0.425 e. The molecule has 1 fully saturated rings. The number of ether oxygens (including phenoxy) is 1. The number of carboxylic acids is 1. The lowest BCUT2D eigenvalue weighted by Crippen LogP contribution is -2.34. The van der Waals surface area contributed by atoms with Crippen molar-refractivity contribution < 1.29 is 49.8 Å². The molecule has 3 aromatic rings. The third-order valence-electron chi connectivity index (χ3n) is 7.28. The van der Waals surface area contributed by atoms with Gasteiger partial charge in [0.1, 0.15) is 28.2 Å². The second-order valence-corrected chi connectivity index (χ2v) is 10.4. The molecule has 0 amide bonds. The van der Waals surface area contributed by atoms with Crippen molar-refractivity contribution in [2.24, 2.45) is 5.92 Å². The minimum absolute atomic E-state index is 0.0883. The van der Waals surface area contributed by atoms with E-state index in [0.29, 0.717) is 12.6 Å². The van der Waals surface area contributed by atoms with Crippen molar-refractivity contribution in [3.05, 3.63) is 28.8 Å². The topological polar surface area (TPSA) is 139 Å². The van der Waals surface area contributed by atoms with Gasteiger partial charge in [0, 0.05) is 31.7 Å². The fourth-order valence-electron chi connectivity index (χ4n) is 5.00. The summed E-state index contributed by atoms with van der Waals surface area (Å²) in [5.74, 6) is -6.33. The molecule has 0 spiro atoms. The SMILES string of the molecule is CCC(Oc1nc(-c2cc(N)c(F)c(C)c2C(F)(F)F)c(F)c2nc(N3CCC(C(=O)O)C3)nc(NCCNC)c12)C(F)(F)F. The molecule has 45 heavy (non-hydrogen) atoms. The molecule has 3 heterocycles. The van der Waals surface area contributed by atoms with Crippen molar-refractivity contribution in [2.45, 2.75) is 45.1 Å². The third-order valence-corrected chi connectivity index (χ3v) is 7.28. The van der Waals surface area contributed by atoms with Crippen LogP contribution < -0.4 is 26.0 Å². The standard InChI is InChI=1S/C27H29F8N7O3/c1-4-15(26(30,31)32)45-23-16-21(19(29)20(39-23)13-9-14(36)18(28)11(2)17(13)27(33,34)35)40-25(41-22(16)38-7-6-37-3)42-8-5-12(10-42)24(43)44/h9,12,15,37H,4-8,10,36H2,1-3H3,(H,43,44)(H,38,40,41). The van der Waals surface area contributed by atoms with Gasteiger partial charge in [-0.15, -0.1) is 0 Å². The first kappa shape index (κ1) is 33.7. The summed E-state index contributed by atoms with van der Waals surface area (Å²) in [7, 11) is 1.60. The van der Waals surface area contributed by atoms with Gasteiger partial charge in [0.2, 0.25) is 11.8 Å². The zero-order valence-corrected chi connectivity index (χ0v) is 24.1. The van der Waals surface area contributed by atoms with Crippen molar-refractivity contribution in [3.63, 3.8) is 0 Å². The highest BCUT2D eigenvalue weighted by Gasteiger charge is 2.43. The molecule has 2 unspecified atom stereocenters. The molecule has 5 N–H and O–H groups in total. The van der Waals surface area contributed by atoms with Crippen LogP contribution in [0, 0.1) is 24.5 Å². The Kier molecular flexibility index (Phi) is 9.46. The number of nitrogens with zero attached hydrogens (tertiary/aromatic N) is 4. The molecule has 0 saturated carbocycles. The number of likely N-dealkylation sites (N-methyl/N-ethyl adjacent to an activating group) is 1. The molecular weight excluding hydrogens is 622 g/mol. The number of halogens is 8. The number of nitrogens with one attached hydrogen (secondary N) is 2. The molecular formula is C27H29F8N7O3. The maximum absolute atomic E-state index is 16.5. The van der Waals surface area contributed by atoms with E-state index in [0.717, 1.165) is 13.8 Å². The number of pyridine rings is 1. The van der Waals surface area contributed by atoms with Crippen LogP contribution in [0.15, 0.2) is 6.07 Å². The average Bonchev–Trinajstić information content (AvgIpc) is 3.45. The van der Waals surface area contributed by atoms with Gasteiger partial charge in [0.15, 0.2) is 11.9 Å². The fraction of sp³-hybridized carbons (Fsp3) is 0.481. The van der Waals surface area contributed by atoms with Crippen LogP contribution in [0.2, 0.25) is 0 Å². The number of nitrogen functional groups attached to an aromatic ring is 1. The van der Waals surface area contributed by atoms with Crippen LogP contribution in [0.1, 0.15) is 30.9 Å². The number of anilines is 3. The maximum atomic E-state index is 16.5. The Hall–Kier alpha value is -4.22. The van der Waals surface area contributed by atoms with Gasteiger partial charge in [-0.25, -0.2) is 18.7 Å². The first-order chi connectivity index (χ1) is 21.0. The van der Waals surface area contributed by atoms with Crippen LogP contribution in [-0.4, -0.2) is 71.5 Å². The Morgan fingerprint density at radius 1 is 1.16 bits per heavy atom. The number of nitrogens with two attached hydrogens (primary N) is 1. The van der Waals surface area contributed by atoms with E-state index in [2.05, 4.69) is 25.6 Å². The molecule has 10 nitrogen and oxygen atoms in total. The Morgan fingerprint density at radius 2 is 1.84 bits per heavy atom. The Labute approximate surface area is 251 Å². The van der Waals surface area contributed by atoms with Gasteiger partial charge in [-0.2, -0.15) is 31.3 Å². The lowest BCUT2D eigenvalue weighted by molar-refractivity contribution is -0.196. The van der Waals surface area contributed by atoms with Gasteiger partial charge < -0.3 is 31.1 Å². The summed E-state index contributed by atoms with van der Waals surface area (Å²) in [5, 5.41) is 14.6. The highest BCUT2D eigenvalue weighted by atomic mass is 19.4. The number of aromatic nitrogens is 3. The molecule has 1 aliphatic rings. The van der Waals surface area contributed by atoms with E-state index >= 15 is 4.39 Å². The number of alkyl halides is 6. The minimum Gasteiger partial charge on any atom is -0.481 e. The van der Waals surface area contributed by atoms with Crippen LogP contribution in [0.4, 0.5) is 52.6 Å². The monoisotopic (exact) mass is 651 g/mol. The second kappa shape index (κ2) is 12.6. The number of fused-ring (bicyclic) bond motifs is 1. The van der Waals surface area contributed by atoms with E-state index in [1.165, 1.54) is 4.90 Å². The number of benzene rings is 1. The summed E-state index contributed by atoms with van der Waals surface area (Å²) in [6.45, 7) is 2.30. The van der Waals surface area contributed by atoms with Crippen molar-refractivity contribution in [1.82, 2.24) is 20.3 Å². The number of carboxylic acid groups (broad SMARTS) is 1. The van der Waals surface area contributed by atoms with Crippen molar-refractivity contribution in [2.75, 3.05) is 49.2 Å². The molecule has 18 heteroatoms. The quantitative estimate of drug-likeness (QED) is 0.132. The summed E-state index contributed by atoms with van der Waals surface area (Å²) in [4.78, 5) is 25.2. The Morgan fingerprint density at radius 3 is 2.40 bits per heavy atom. The van der Waals surface area contributed by atoms with Gasteiger partial charge >= 0.3 is 18.3 Å². The van der Waals surface area contributed by atoms with Gasteiger partial charge in [-0.05, 0) is 38.4 Å². The van der Waals surface area contributed by atoms with Gasteiger partial charge in [0.05, 0.1) is 17.2 Å². The first-order valence-electron chi connectivity index (χ1n) is 13.7. The van der Waals surface area contributed by atoms with E-state index in [-0.39, 0.29) is 37.8 Å². The van der Waals surface area contributed by atoms with E-state index in [4.69, 9.17) is 10.5 Å². The van der Waals surface area contributed by atoms with Crippen LogP contribution >= 0.6 is 0 Å². The number of hydrogen-bond acceptors (Lipinski definition) is 9. The predicted molar refractivity (Wildman–Crippen MR) is 148 cm³/mol. The average molecular weight is 652 g/mol. The van der Waals surface area contributed by atoms with E-state index in [1.54, 1.807) is 7.05 Å². The molecule has 1 aliphatic heterocycles. The minimum atomic E-state index is -5.27. The number of rotatable bonds is 10. The van der Waals surface area contributed by atoms with Crippen molar-refractivity contribution in [1.29, 1.82) is 0 Å². The zero-order valence-electron chi connectivity index (χ0n) is 24.1. The fourth-order valence-corrected chi connectivity index (χ4v) is 5.00. The highest BCUT2D eigenvalue weighted by Crippen LogP contribution is 2.45. The number of hydrogen-bond donors (Lipinski definition) is 4. The molecule has 246 valence electrons. The van der Waals surface area contributed by atoms with Crippen LogP contribution in [0.3, 0.4) is 0 Å². The lowest BCUT2D eigenvalue weighted by Gasteiger charge is -2.24. The van der Waals surface area contributed by atoms with Crippen LogP contribution in [-0.2, 0) is 11.0 Å². The molecule has 0 aliphatic carbocycles. The third kappa shape index (κ3) is 6.74. The summed E-state index contributed by atoms with van der Waals surface area (Å²) in [6.07, 6.45) is -13.2. The Balaban J connectivity index is 2.10. The number of carbonyl (C=O) groups is 1. The maximum Gasteiger partial charge on any atom is 0.425 e. The summed E-state index contributed by atoms with van der Waals surface area (Å²) in [6, 6.07) is 0.485. The first-order valence-corrected chi connectivity index (χ1v) is 13.7. The predicted octanol–water partition coefficient (Wildman–Crippen LogP) is 5.14. The molecule has 1 saturated heterocycles. The second-order valence-electron chi connectivity index (χ2n) is 10.4. The van der Waals surface area contributed by atoms with E-state index < -0.39 is 93.3 Å². The normalized spacial score (nSPS) is 16.3. The molecule has 1 aromatic carbocycles. The summed E-state index contributed by atoms with van der Waals surface area (Å²) < 4.78 is 121. The number of aliphatic carboxylic acids is 1. The summed E-state index contributed by atoms with van der Waals surface area (Å²) in [5.41, 5.74) is -0.807. The van der Waals surface area contributed by atoms with Gasteiger partial charge in [0.25, 0.3) is 0 Å². The van der Waals surface area contributed by atoms with E-state index in [1.807, 2.05) is 0 Å². The zero-order chi connectivity index (χ0) is 33.4. The molecule has 4 rings (SSSR count). The van der Waals surface area contributed by atoms with Gasteiger partial charge in [-0.1, -0.05) is 6.92 Å². The molecule has 2 aromatic heterocycles. The molecule has 2 atom stereocenters.